The maximum atomic E-state index is 13.5. The van der Waals surface area contributed by atoms with Crippen LogP contribution in [-0.4, -0.2) is 19.5 Å². The first-order valence-electron chi connectivity index (χ1n) is 9.33. The first kappa shape index (κ1) is 17.1. The smallest absolute Gasteiger partial charge is 0.264 e. The number of fused-ring (bicyclic) bond motifs is 5. The van der Waals surface area contributed by atoms with E-state index >= 15 is 0 Å². The summed E-state index contributed by atoms with van der Waals surface area (Å²) in [6, 6.07) is 25.2. The van der Waals surface area contributed by atoms with Crippen LogP contribution >= 0.6 is 0 Å². The van der Waals surface area contributed by atoms with Gasteiger partial charge in [0.2, 0.25) is 0 Å². The van der Waals surface area contributed by atoms with Gasteiger partial charge in [0.05, 0.1) is 22.8 Å². The van der Waals surface area contributed by atoms with Crippen LogP contribution in [-0.2, 0) is 16.6 Å². The molecular formula is C23H20N2O2S. The molecule has 0 aliphatic carbocycles. The van der Waals surface area contributed by atoms with Crippen molar-refractivity contribution >= 4 is 26.6 Å². The zero-order valence-electron chi connectivity index (χ0n) is 15.5. The lowest BCUT2D eigenvalue weighted by molar-refractivity contribution is 0.587. The van der Waals surface area contributed by atoms with Crippen LogP contribution in [0.2, 0.25) is 0 Å². The van der Waals surface area contributed by atoms with Gasteiger partial charge in [-0.15, -0.1) is 0 Å². The summed E-state index contributed by atoms with van der Waals surface area (Å²) in [5, 5.41) is 1.17. The number of para-hydroxylation sites is 2. The van der Waals surface area contributed by atoms with Gasteiger partial charge in [-0.3, -0.25) is 4.31 Å². The third-order valence-corrected chi connectivity index (χ3v) is 7.22. The van der Waals surface area contributed by atoms with Crippen LogP contribution in [0.3, 0.4) is 0 Å². The Morgan fingerprint density at radius 3 is 2.36 bits per heavy atom. The second kappa shape index (κ2) is 6.24. The third-order valence-electron chi connectivity index (χ3n) is 5.39. The van der Waals surface area contributed by atoms with Gasteiger partial charge in [-0.25, -0.2) is 8.42 Å². The van der Waals surface area contributed by atoms with Crippen molar-refractivity contribution < 1.29 is 8.42 Å². The van der Waals surface area contributed by atoms with Crippen molar-refractivity contribution in [1.29, 1.82) is 0 Å². The highest BCUT2D eigenvalue weighted by atomic mass is 32.2. The summed E-state index contributed by atoms with van der Waals surface area (Å²) in [6.45, 7) is 2.94. The minimum absolute atomic E-state index is 0.323. The lowest BCUT2D eigenvalue weighted by Gasteiger charge is -2.24. The van der Waals surface area contributed by atoms with Crippen molar-refractivity contribution in [3.05, 3.63) is 84.4 Å². The highest BCUT2D eigenvalue weighted by Crippen LogP contribution is 2.39. The molecule has 4 nitrogen and oxygen atoms in total. The Labute approximate surface area is 164 Å². The van der Waals surface area contributed by atoms with Crippen molar-refractivity contribution in [2.45, 2.75) is 18.4 Å². The van der Waals surface area contributed by atoms with Crippen LogP contribution < -0.4 is 4.31 Å². The molecule has 0 unspecified atom stereocenters. The van der Waals surface area contributed by atoms with E-state index in [1.807, 2.05) is 55.5 Å². The summed E-state index contributed by atoms with van der Waals surface area (Å²) in [7, 11) is -3.64. The lowest BCUT2D eigenvalue weighted by Crippen LogP contribution is -2.33. The van der Waals surface area contributed by atoms with Gasteiger partial charge in [-0.2, -0.15) is 0 Å². The minimum atomic E-state index is -3.64. The van der Waals surface area contributed by atoms with E-state index in [9.17, 15) is 8.42 Å². The number of anilines is 1. The monoisotopic (exact) mass is 388 g/mol. The molecule has 0 N–H and O–H groups in total. The number of hydrogen-bond donors (Lipinski definition) is 0. The van der Waals surface area contributed by atoms with Crippen molar-refractivity contribution in [2.24, 2.45) is 0 Å². The van der Waals surface area contributed by atoms with E-state index in [4.69, 9.17) is 0 Å². The van der Waals surface area contributed by atoms with E-state index in [2.05, 4.69) is 22.8 Å². The number of hydrogen-bond acceptors (Lipinski definition) is 2. The lowest BCUT2D eigenvalue weighted by atomic mass is 10.1. The van der Waals surface area contributed by atoms with Crippen molar-refractivity contribution in [1.82, 2.24) is 4.57 Å². The van der Waals surface area contributed by atoms with Crippen LogP contribution in [0.4, 0.5) is 5.69 Å². The molecular weight excluding hydrogens is 368 g/mol. The molecule has 0 fully saturated rings. The Morgan fingerprint density at radius 1 is 0.821 bits per heavy atom. The molecule has 5 rings (SSSR count). The summed E-state index contributed by atoms with van der Waals surface area (Å²) in [6.07, 6.45) is 0. The standard InChI is InChI=1S/C23H20N2O2S/c1-17-10-12-19(13-11-17)28(26,27)25-15-14-24-21-8-4-2-6-18(21)16-23(24)20-7-3-5-9-22(20)25/h2-13,16H,14-15H2,1H3. The molecule has 0 radical (unpaired) electrons. The summed E-state index contributed by atoms with van der Waals surface area (Å²) >= 11 is 0. The Balaban J connectivity index is 1.71. The molecule has 28 heavy (non-hydrogen) atoms. The van der Waals surface area contributed by atoms with Crippen molar-refractivity contribution in [3.8, 4) is 11.3 Å². The second-order valence-corrected chi connectivity index (χ2v) is 9.01. The fourth-order valence-electron chi connectivity index (χ4n) is 3.98. The highest BCUT2D eigenvalue weighted by Gasteiger charge is 2.30. The molecule has 140 valence electrons. The summed E-state index contributed by atoms with van der Waals surface area (Å²) in [4.78, 5) is 0.323. The number of aryl methyl sites for hydroxylation is 1. The maximum absolute atomic E-state index is 13.5. The molecule has 1 aromatic heterocycles. The Morgan fingerprint density at radius 2 is 1.54 bits per heavy atom. The first-order valence-corrected chi connectivity index (χ1v) is 10.8. The molecule has 5 heteroatoms. The zero-order chi connectivity index (χ0) is 19.3. The summed E-state index contributed by atoms with van der Waals surface area (Å²) < 4.78 is 30.7. The Bertz CT molecular complexity index is 1290. The fraction of sp³-hybridized carbons (Fsp3) is 0.130. The van der Waals surface area contributed by atoms with E-state index < -0.39 is 10.0 Å². The van der Waals surface area contributed by atoms with Gasteiger partial charge in [-0.1, -0.05) is 54.1 Å². The average Bonchev–Trinajstić information content (AvgIpc) is 2.98. The van der Waals surface area contributed by atoms with E-state index in [-0.39, 0.29) is 0 Å². The molecule has 0 saturated carbocycles. The molecule has 3 aromatic carbocycles. The predicted octanol–water partition coefficient (Wildman–Crippen LogP) is 4.83. The Kier molecular flexibility index (Phi) is 3.81. The maximum Gasteiger partial charge on any atom is 0.264 e. The Hall–Kier alpha value is -3.05. The SMILES string of the molecule is Cc1ccc(S(=O)(=O)N2CCn3c(cc4ccccc43)-c3ccccc32)cc1. The molecule has 0 bridgehead atoms. The van der Waals surface area contributed by atoms with Crippen molar-refractivity contribution in [2.75, 3.05) is 10.8 Å². The molecule has 2 heterocycles. The number of nitrogens with zero attached hydrogens (tertiary/aromatic N) is 2. The second-order valence-electron chi connectivity index (χ2n) is 7.15. The topological polar surface area (TPSA) is 42.3 Å². The van der Waals surface area contributed by atoms with E-state index in [0.717, 1.165) is 28.0 Å². The minimum Gasteiger partial charge on any atom is -0.339 e. The third kappa shape index (κ3) is 2.54. The van der Waals surface area contributed by atoms with E-state index in [0.29, 0.717) is 18.0 Å². The molecule has 1 aliphatic heterocycles. The van der Waals surface area contributed by atoms with Crippen LogP contribution in [0.5, 0.6) is 0 Å². The highest BCUT2D eigenvalue weighted by molar-refractivity contribution is 7.92. The van der Waals surface area contributed by atoms with Gasteiger partial charge in [0.25, 0.3) is 10.0 Å². The number of sulfonamides is 1. The van der Waals surface area contributed by atoms with Gasteiger partial charge in [0.15, 0.2) is 0 Å². The normalized spacial score (nSPS) is 13.8. The summed E-state index contributed by atoms with van der Waals surface area (Å²) in [5.74, 6) is 0. The average molecular weight is 388 g/mol. The fourth-order valence-corrected chi connectivity index (χ4v) is 5.46. The number of benzene rings is 3. The molecule has 0 saturated heterocycles. The van der Waals surface area contributed by atoms with Crippen LogP contribution in [0.25, 0.3) is 22.2 Å². The van der Waals surface area contributed by atoms with Gasteiger partial charge in [-0.05, 0) is 37.3 Å². The van der Waals surface area contributed by atoms with Crippen LogP contribution in [0, 0.1) is 6.92 Å². The zero-order valence-corrected chi connectivity index (χ0v) is 16.4. The van der Waals surface area contributed by atoms with E-state index in [1.54, 1.807) is 16.4 Å². The molecule has 0 amide bonds. The number of aromatic nitrogens is 1. The van der Waals surface area contributed by atoms with Crippen molar-refractivity contribution in [3.63, 3.8) is 0 Å². The number of rotatable bonds is 2. The largest absolute Gasteiger partial charge is 0.339 e. The molecule has 1 aliphatic rings. The first-order chi connectivity index (χ1) is 13.6. The summed E-state index contributed by atoms with van der Waals surface area (Å²) in [5.41, 5.74) is 4.88. The molecule has 0 atom stereocenters. The van der Waals surface area contributed by atoms with Crippen LogP contribution in [0.15, 0.2) is 83.8 Å². The predicted molar refractivity (Wildman–Crippen MR) is 113 cm³/mol. The molecule has 0 spiro atoms. The van der Waals surface area contributed by atoms with Gasteiger partial charge in [0, 0.05) is 23.0 Å². The van der Waals surface area contributed by atoms with Gasteiger partial charge < -0.3 is 4.57 Å². The quantitative estimate of drug-likeness (QED) is 0.494. The van der Waals surface area contributed by atoms with Crippen LogP contribution in [0.1, 0.15) is 5.56 Å². The van der Waals surface area contributed by atoms with Gasteiger partial charge >= 0.3 is 0 Å². The van der Waals surface area contributed by atoms with Gasteiger partial charge in [0.1, 0.15) is 0 Å². The van der Waals surface area contributed by atoms with E-state index in [1.165, 1.54) is 5.39 Å². The molecule has 4 aromatic rings.